The smallest absolute Gasteiger partial charge is 0.104 e. The summed E-state index contributed by atoms with van der Waals surface area (Å²) >= 11 is 0. The summed E-state index contributed by atoms with van der Waals surface area (Å²) in [6, 6.07) is 6.23. The fourth-order valence-corrected chi connectivity index (χ4v) is 1.30. The standard InChI is InChI=1S/C11H15NO/c1-3-10(8-12)5-7-11-6-4-9(2)13-11/h4,6,10H,3,5,7H2,1-2H3. The van der Waals surface area contributed by atoms with E-state index in [1.54, 1.807) is 0 Å². The van der Waals surface area contributed by atoms with E-state index < -0.39 is 0 Å². The maximum absolute atomic E-state index is 8.73. The maximum atomic E-state index is 8.73. The van der Waals surface area contributed by atoms with Crippen LogP contribution in [-0.4, -0.2) is 0 Å². The quantitative estimate of drug-likeness (QED) is 0.708. The predicted octanol–water partition coefficient (Wildman–Crippen LogP) is 3.07. The van der Waals surface area contributed by atoms with Gasteiger partial charge in [0.2, 0.25) is 0 Å². The lowest BCUT2D eigenvalue weighted by molar-refractivity contribution is 0.458. The van der Waals surface area contributed by atoms with Crippen molar-refractivity contribution >= 4 is 0 Å². The Hall–Kier alpha value is -1.23. The second-order valence-corrected chi connectivity index (χ2v) is 3.29. The summed E-state index contributed by atoms with van der Waals surface area (Å²) in [5, 5.41) is 8.73. The first-order valence-corrected chi connectivity index (χ1v) is 4.71. The van der Waals surface area contributed by atoms with Gasteiger partial charge in [-0.3, -0.25) is 0 Å². The van der Waals surface area contributed by atoms with Gasteiger partial charge in [-0.15, -0.1) is 0 Å². The molecule has 1 rings (SSSR count). The lowest BCUT2D eigenvalue weighted by atomic mass is 10.0. The van der Waals surface area contributed by atoms with Gasteiger partial charge in [0.15, 0.2) is 0 Å². The molecule has 1 aromatic rings. The minimum Gasteiger partial charge on any atom is -0.466 e. The highest BCUT2D eigenvalue weighted by atomic mass is 16.3. The molecule has 1 unspecified atom stereocenters. The van der Waals surface area contributed by atoms with Gasteiger partial charge in [0.1, 0.15) is 11.5 Å². The van der Waals surface area contributed by atoms with Crippen molar-refractivity contribution in [2.75, 3.05) is 0 Å². The summed E-state index contributed by atoms with van der Waals surface area (Å²) in [6.45, 7) is 3.98. The van der Waals surface area contributed by atoms with Crippen molar-refractivity contribution in [3.05, 3.63) is 23.7 Å². The van der Waals surface area contributed by atoms with Gasteiger partial charge in [0.05, 0.1) is 6.07 Å². The number of hydrogen-bond donors (Lipinski definition) is 0. The number of nitriles is 1. The van der Waals surface area contributed by atoms with Gasteiger partial charge in [-0.05, 0) is 31.9 Å². The molecule has 1 atom stereocenters. The van der Waals surface area contributed by atoms with Gasteiger partial charge in [-0.2, -0.15) is 5.26 Å². The van der Waals surface area contributed by atoms with Gasteiger partial charge < -0.3 is 4.42 Å². The van der Waals surface area contributed by atoms with E-state index in [2.05, 4.69) is 6.07 Å². The molecule has 0 saturated heterocycles. The average Bonchev–Trinajstić information content (AvgIpc) is 2.53. The second-order valence-electron chi connectivity index (χ2n) is 3.29. The lowest BCUT2D eigenvalue weighted by Crippen LogP contribution is -1.96. The van der Waals surface area contributed by atoms with Gasteiger partial charge in [-0.25, -0.2) is 0 Å². The van der Waals surface area contributed by atoms with Crippen molar-refractivity contribution in [2.45, 2.75) is 33.1 Å². The molecule has 0 amide bonds. The van der Waals surface area contributed by atoms with Crippen LogP contribution in [0.4, 0.5) is 0 Å². The summed E-state index contributed by atoms with van der Waals surface area (Å²) in [7, 11) is 0. The molecule has 0 aliphatic carbocycles. The van der Waals surface area contributed by atoms with E-state index in [4.69, 9.17) is 9.68 Å². The molecule has 1 heterocycles. The summed E-state index contributed by atoms with van der Waals surface area (Å²) in [4.78, 5) is 0. The van der Waals surface area contributed by atoms with Crippen LogP contribution in [0.2, 0.25) is 0 Å². The number of furan rings is 1. The van der Waals surface area contributed by atoms with Crippen LogP contribution in [0.1, 0.15) is 31.3 Å². The molecule has 2 heteroatoms. The largest absolute Gasteiger partial charge is 0.466 e. The van der Waals surface area contributed by atoms with E-state index in [0.717, 1.165) is 30.8 Å². The predicted molar refractivity (Wildman–Crippen MR) is 51.2 cm³/mol. The monoisotopic (exact) mass is 177 g/mol. The van der Waals surface area contributed by atoms with E-state index in [0.29, 0.717) is 0 Å². The molecule has 1 aromatic heterocycles. The zero-order valence-electron chi connectivity index (χ0n) is 8.21. The van der Waals surface area contributed by atoms with Crippen LogP contribution in [0.3, 0.4) is 0 Å². The highest BCUT2D eigenvalue weighted by Gasteiger charge is 2.06. The summed E-state index contributed by atoms with van der Waals surface area (Å²) in [5.41, 5.74) is 0. The first kappa shape index (κ1) is 9.85. The minimum absolute atomic E-state index is 0.172. The molecular formula is C11H15NO. The summed E-state index contributed by atoms with van der Waals surface area (Å²) in [6.07, 6.45) is 2.70. The van der Waals surface area contributed by atoms with E-state index in [1.165, 1.54) is 0 Å². The van der Waals surface area contributed by atoms with Crippen molar-refractivity contribution in [1.29, 1.82) is 5.26 Å². The van der Waals surface area contributed by atoms with Crippen LogP contribution < -0.4 is 0 Å². The molecule has 0 N–H and O–H groups in total. The van der Waals surface area contributed by atoms with Crippen LogP contribution in [0, 0.1) is 24.2 Å². The van der Waals surface area contributed by atoms with E-state index >= 15 is 0 Å². The van der Waals surface area contributed by atoms with Crippen molar-refractivity contribution in [1.82, 2.24) is 0 Å². The van der Waals surface area contributed by atoms with E-state index in [9.17, 15) is 0 Å². The van der Waals surface area contributed by atoms with Crippen molar-refractivity contribution in [3.63, 3.8) is 0 Å². The third-order valence-corrected chi connectivity index (χ3v) is 2.21. The van der Waals surface area contributed by atoms with Gasteiger partial charge in [0.25, 0.3) is 0 Å². The summed E-state index contributed by atoms with van der Waals surface area (Å²) in [5.74, 6) is 2.11. The van der Waals surface area contributed by atoms with E-state index in [-0.39, 0.29) is 5.92 Å². The summed E-state index contributed by atoms with van der Waals surface area (Å²) < 4.78 is 5.41. The first-order valence-electron chi connectivity index (χ1n) is 4.71. The molecule has 0 aliphatic heterocycles. The highest BCUT2D eigenvalue weighted by molar-refractivity contribution is 5.06. The lowest BCUT2D eigenvalue weighted by Gasteiger charge is -2.02. The van der Waals surface area contributed by atoms with Crippen LogP contribution in [0.5, 0.6) is 0 Å². The minimum atomic E-state index is 0.172. The van der Waals surface area contributed by atoms with Gasteiger partial charge in [0, 0.05) is 12.3 Å². The fraction of sp³-hybridized carbons (Fsp3) is 0.545. The third kappa shape index (κ3) is 2.95. The number of hydrogen-bond acceptors (Lipinski definition) is 2. The zero-order valence-corrected chi connectivity index (χ0v) is 8.21. The Morgan fingerprint density at radius 3 is 2.77 bits per heavy atom. The Morgan fingerprint density at radius 2 is 2.31 bits per heavy atom. The molecule has 13 heavy (non-hydrogen) atoms. The molecule has 2 nitrogen and oxygen atoms in total. The third-order valence-electron chi connectivity index (χ3n) is 2.21. The normalized spacial score (nSPS) is 12.4. The van der Waals surface area contributed by atoms with E-state index in [1.807, 2.05) is 26.0 Å². The maximum Gasteiger partial charge on any atom is 0.104 e. The Balaban J connectivity index is 2.39. The highest BCUT2D eigenvalue weighted by Crippen LogP contribution is 2.14. The Labute approximate surface area is 79.2 Å². The average molecular weight is 177 g/mol. The number of aryl methyl sites for hydroxylation is 2. The van der Waals surface area contributed by atoms with Crippen molar-refractivity contribution in [3.8, 4) is 6.07 Å². The molecule has 0 saturated carbocycles. The Kier molecular flexibility index (Phi) is 3.57. The Bertz CT molecular complexity index is 295. The fourth-order valence-electron chi connectivity index (χ4n) is 1.30. The molecule has 0 aromatic carbocycles. The second kappa shape index (κ2) is 4.71. The molecular weight excluding hydrogens is 162 g/mol. The van der Waals surface area contributed by atoms with Crippen LogP contribution in [0.25, 0.3) is 0 Å². The SMILES string of the molecule is CCC(C#N)CCc1ccc(C)o1. The molecule has 0 spiro atoms. The molecule has 0 fully saturated rings. The molecule has 0 aliphatic rings. The molecule has 70 valence electrons. The number of rotatable bonds is 4. The first-order chi connectivity index (χ1) is 6.26. The Morgan fingerprint density at radius 1 is 1.54 bits per heavy atom. The number of nitrogens with zero attached hydrogens (tertiary/aromatic N) is 1. The van der Waals surface area contributed by atoms with Crippen molar-refractivity contribution in [2.24, 2.45) is 5.92 Å². The van der Waals surface area contributed by atoms with Crippen LogP contribution in [0.15, 0.2) is 16.5 Å². The van der Waals surface area contributed by atoms with Crippen LogP contribution >= 0.6 is 0 Å². The van der Waals surface area contributed by atoms with Gasteiger partial charge >= 0.3 is 0 Å². The molecule has 0 bridgehead atoms. The zero-order chi connectivity index (χ0) is 9.68. The van der Waals surface area contributed by atoms with Crippen molar-refractivity contribution < 1.29 is 4.42 Å². The van der Waals surface area contributed by atoms with Crippen LogP contribution in [-0.2, 0) is 6.42 Å². The topological polar surface area (TPSA) is 36.9 Å². The van der Waals surface area contributed by atoms with Gasteiger partial charge in [-0.1, -0.05) is 6.92 Å². The molecule has 0 radical (unpaired) electrons.